The predicted octanol–water partition coefficient (Wildman–Crippen LogP) is 4.67. The van der Waals surface area contributed by atoms with E-state index in [2.05, 4.69) is 20.3 Å². The molecular weight excluding hydrogens is 409 g/mol. The Hall–Kier alpha value is -3.20. The normalized spacial score (nSPS) is 13.5. The molecule has 1 aromatic carbocycles. The van der Waals surface area contributed by atoms with Crippen molar-refractivity contribution in [3.05, 3.63) is 65.7 Å². The van der Waals surface area contributed by atoms with Crippen LogP contribution in [0, 0.1) is 6.92 Å². The number of hydrogen-bond donors (Lipinski definition) is 2. The number of aryl methyl sites for hydroxylation is 1. The first-order chi connectivity index (χ1) is 14.7. The Morgan fingerprint density at radius 3 is 2.52 bits per heavy atom. The van der Waals surface area contributed by atoms with Crippen LogP contribution in [-0.2, 0) is 0 Å². The maximum atomic E-state index is 12.8. The van der Waals surface area contributed by atoms with Crippen LogP contribution >= 0.6 is 0 Å². The van der Waals surface area contributed by atoms with Crippen molar-refractivity contribution in [3.63, 3.8) is 0 Å². The summed E-state index contributed by atoms with van der Waals surface area (Å²) < 4.78 is 43.7. The van der Waals surface area contributed by atoms with Gasteiger partial charge in [-0.3, -0.25) is 4.98 Å². The fourth-order valence-electron chi connectivity index (χ4n) is 3.09. The Kier molecular flexibility index (Phi) is 6.74. The quantitative estimate of drug-likeness (QED) is 0.565. The number of anilines is 1. The van der Waals surface area contributed by atoms with Crippen LogP contribution in [0.3, 0.4) is 0 Å². The molecule has 0 aliphatic rings. The third-order valence-corrected chi connectivity index (χ3v) is 4.88. The highest BCUT2D eigenvalue weighted by Crippen LogP contribution is 2.36. The van der Waals surface area contributed by atoms with Crippen molar-refractivity contribution in [1.29, 1.82) is 0 Å². The van der Waals surface area contributed by atoms with Crippen molar-refractivity contribution in [1.82, 2.24) is 15.0 Å². The summed E-state index contributed by atoms with van der Waals surface area (Å²) in [6, 6.07) is 9.66. The molecule has 0 amide bonds. The maximum Gasteiger partial charge on any atom is 0.418 e. The van der Waals surface area contributed by atoms with E-state index in [-0.39, 0.29) is 17.2 Å². The molecule has 3 rings (SSSR count). The number of hydrogen-bond acceptors (Lipinski definition) is 6. The van der Waals surface area contributed by atoms with E-state index in [1.165, 1.54) is 25.6 Å². The van der Waals surface area contributed by atoms with E-state index < -0.39 is 12.3 Å². The van der Waals surface area contributed by atoms with Crippen molar-refractivity contribution in [2.45, 2.75) is 32.0 Å². The number of aliphatic hydroxyl groups is 1. The number of nitrogens with one attached hydrogen (secondary N) is 1. The lowest BCUT2D eigenvalue weighted by Crippen LogP contribution is -2.20. The average molecular weight is 432 g/mol. The molecule has 2 aromatic heterocycles. The fraction of sp³-hybridized carbons (Fsp3) is 0.318. The summed E-state index contributed by atoms with van der Waals surface area (Å²) in [4.78, 5) is 12.8. The lowest BCUT2D eigenvalue weighted by Gasteiger charge is -2.20. The molecule has 0 saturated heterocycles. The Labute approximate surface area is 178 Å². The zero-order chi connectivity index (χ0) is 22.6. The highest BCUT2D eigenvalue weighted by Gasteiger charge is 2.39. The number of benzene rings is 1. The molecule has 0 aliphatic heterocycles. The number of aromatic nitrogens is 3. The topological polar surface area (TPSA) is 80.2 Å². The van der Waals surface area contributed by atoms with Gasteiger partial charge in [0.25, 0.3) is 0 Å². The van der Waals surface area contributed by atoms with Gasteiger partial charge in [0.05, 0.1) is 12.8 Å². The van der Waals surface area contributed by atoms with E-state index in [1.807, 2.05) is 26.0 Å². The molecule has 31 heavy (non-hydrogen) atoms. The van der Waals surface area contributed by atoms with E-state index in [9.17, 15) is 18.3 Å². The average Bonchev–Trinajstić information content (AvgIpc) is 2.76. The molecule has 0 saturated carbocycles. The minimum atomic E-state index is -4.74. The predicted molar refractivity (Wildman–Crippen MR) is 111 cm³/mol. The molecule has 6 nitrogen and oxygen atoms in total. The van der Waals surface area contributed by atoms with Gasteiger partial charge in [-0.2, -0.15) is 13.2 Å². The molecule has 2 unspecified atom stereocenters. The summed E-state index contributed by atoms with van der Waals surface area (Å²) in [6.45, 7) is 4.28. The van der Waals surface area contributed by atoms with E-state index >= 15 is 0 Å². The van der Waals surface area contributed by atoms with Gasteiger partial charge in [-0.25, -0.2) is 9.97 Å². The maximum absolute atomic E-state index is 12.8. The number of alkyl halides is 3. The highest BCUT2D eigenvalue weighted by molar-refractivity contribution is 5.61. The van der Waals surface area contributed by atoms with Gasteiger partial charge in [0.1, 0.15) is 17.9 Å². The molecule has 2 N–H and O–H groups in total. The van der Waals surface area contributed by atoms with Gasteiger partial charge in [-0.15, -0.1) is 0 Å². The summed E-state index contributed by atoms with van der Waals surface area (Å²) in [5.74, 6) is 0.788. The summed E-state index contributed by atoms with van der Waals surface area (Å²) >= 11 is 0. The van der Waals surface area contributed by atoms with Crippen molar-refractivity contribution < 1.29 is 23.0 Å². The van der Waals surface area contributed by atoms with Crippen LogP contribution in [0.25, 0.3) is 11.3 Å². The van der Waals surface area contributed by atoms with Gasteiger partial charge in [0, 0.05) is 36.0 Å². The third-order valence-electron chi connectivity index (χ3n) is 4.88. The number of pyridine rings is 1. The second kappa shape index (κ2) is 9.30. The molecule has 2 atom stereocenters. The number of methoxy groups -OCH3 is 1. The summed E-state index contributed by atoms with van der Waals surface area (Å²) in [5.41, 5.74) is 2.95. The van der Waals surface area contributed by atoms with Crippen molar-refractivity contribution in [3.8, 4) is 17.0 Å². The lowest BCUT2D eigenvalue weighted by molar-refractivity contribution is -0.206. The van der Waals surface area contributed by atoms with Crippen molar-refractivity contribution in [2.75, 3.05) is 19.0 Å². The van der Waals surface area contributed by atoms with Gasteiger partial charge < -0.3 is 15.2 Å². The van der Waals surface area contributed by atoms with E-state index in [0.29, 0.717) is 17.9 Å². The van der Waals surface area contributed by atoms with Crippen LogP contribution in [0.15, 0.2) is 48.9 Å². The highest BCUT2D eigenvalue weighted by atomic mass is 19.4. The van der Waals surface area contributed by atoms with E-state index in [1.54, 1.807) is 18.3 Å². The van der Waals surface area contributed by atoms with Crippen LogP contribution in [0.1, 0.15) is 35.8 Å². The van der Waals surface area contributed by atoms with Crippen LogP contribution in [0.2, 0.25) is 0 Å². The van der Waals surface area contributed by atoms with Gasteiger partial charge in [-0.05, 0) is 36.2 Å². The molecule has 2 heterocycles. The standard InChI is InChI=1S/C22H23F3N4O2/c1-13(17-7-6-15(8-19(17)31-3)21(30)22(23,24)25)10-27-20-9-18(28-12-29-20)16-5-4-14(2)26-11-16/h4-9,11-13,21,30H,10H2,1-3H3,(H,27,28,29). The SMILES string of the molecule is COc1cc(C(O)C(F)(F)F)ccc1C(C)CNc1cc(-c2ccc(C)nc2)ncn1. The van der Waals surface area contributed by atoms with E-state index in [4.69, 9.17) is 4.74 Å². The monoisotopic (exact) mass is 432 g/mol. The Morgan fingerprint density at radius 2 is 1.87 bits per heavy atom. The van der Waals surface area contributed by atoms with Crippen molar-refractivity contribution >= 4 is 5.82 Å². The second-order valence-corrected chi connectivity index (χ2v) is 7.20. The number of ether oxygens (including phenoxy) is 1. The first kappa shape index (κ1) is 22.5. The Morgan fingerprint density at radius 1 is 1.10 bits per heavy atom. The Balaban J connectivity index is 1.73. The largest absolute Gasteiger partial charge is 0.496 e. The van der Waals surface area contributed by atoms with E-state index in [0.717, 1.165) is 17.0 Å². The smallest absolute Gasteiger partial charge is 0.418 e. The van der Waals surface area contributed by atoms with Crippen LogP contribution < -0.4 is 10.1 Å². The molecule has 0 radical (unpaired) electrons. The molecular formula is C22H23F3N4O2. The molecule has 0 spiro atoms. The third kappa shape index (κ3) is 5.49. The summed E-state index contributed by atoms with van der Waals surface area (Å²) in [7, 11) is 1.38. The second-order valence-electron chi connectivity index (χ2n) is 7.20. The van der Waals surface area contributed by atoms with Crippen molar-refractivity contribution in [2.24, 2.45) is 0 Å². The molecule has 9 heteroatoms. The zero-order valence-corrected chi connectivity index (χ0v) is 17.3. The van der Waals surface area contributed by atoms with Crippen LogP contribution in [0.4, 0.5) is 19.0 Å². The molecule has 0 aliphatic carbocycles. The van der Waals surface area contributed by atoms with Gasteiger partial charge in [0.15, 0.2) is 6.10 Å². The van der Waals surface area contributed by atoms with Crippen LogP contribution in [-0.4, -0.2) is 39.9 Å². The number of rotatable bonds is 7. The van der Waals surface area contributed by atoms with Gasteiger partial charge >= 0.3 is 6.18 Å². The molecule has 0 fully saturated rings. The first-order valence-corrected chi connectivity index (χ1v) is 9.60. The number of aliphatic hydroxyl groups excluding tert-OH is 1. The van der Waals surface area contributed by atoms with Crippen LogP contribution in [0.5, 0.6) is 5.75 Å². The lowest BCUT2D eigenvalue weighted by atomic mass is 9.96. The van der Waals surface area contributed by atoms with Gasteiger partial charge in [-0.1, -0.05) is 19.1 Å². The fourth-order valence-corrected chi connectivity index (χ4v) is 3.09. The Bertz CT molecular complexity index is 1030. The molecule has 3 aromatic rings. The number of nitrogens with zero attached hydrogens (tertiary/aromatic N) is 3. The summed E-state index contributed by atoms with van der Waals surface area (Å²) in [6.07, 6.45) is -4.10. The number of halogens is 3. The summed E-state index contributed by atoms with van der Waals surface area (Å²) in [5, 5.41) is 12.7. The first-order valence-electron chi connectivity index (χ1n) is 9.60. The molecule has 0 bridgehead atoms. The minimum absolute atomic E-state index is 0.105. The zero-order valence-electron chi connectivity index (χ0n) is 17.3. The van der Waals surface area contributed by atoms with Gasteiger partial charge in [0.2, 0.25) is 0 Å². The minimum Gasteiger partial charge on any atom is -0.496 e. The molecule has 164 valence electrons.